The van der Waals surface area contributed by atoms with E-state index in [4.69, 9.17) is 0 Å². The highest BCUT2D eigenvalue weighted by molar-refractivity contribution is 5.15. The molecular formula is C12H19N. The molecule has 0 bridgehead atoms. The SMILES string of the molecule is C=CCNC(C#CC1CC1)C(C)C. The van der Waals surface area contributed by atoms with Crippen LogP contribution in [0.5, 0.6) is 0 Å². The fraction of sp³-hybridized carbons (Fsp3) is 0.667. The maximum Gasteiger partial charge on any atom is 0.0715 e. The first-order valence-corrected chi connectivity index (χ1v) is 5.09. The van der Waals surface area contributed by atoms with E-state index >= 15 is 0 Å². The van der Waals surface area contributed by atoms with Gasteiger partial charge in [-0.25, -0.2) is 0 Å². The Bertz CT molecular complexity index is 215. The molecule has 0 spiro atoms. The van der Waals surface area contributed by atoms with E-state index in [1.54, 1.807) is 0 Å². The van der Waals surface area contributed by atoms with Crippen LogP contribution in [0.15, 0.2) is 12.7 Å². The van der Waals surface area contributed by atoms with Crippen LogP contribution in [0.4, 0.5) is 0 Å². The number of rotatable bonds is 4. The molecule has 1 atom stereocenters. The molecule has 1 unspecified atom stereocenters. The highest BCUT2D eigenvalue weighted by Gasteiger charge is 2.18. The highest BCUT2D eigenvalue weighted by Crippen LogP contribution is 2.27. The van der Waals surface area contributed by atoms with Crippen molar-refractivity contribution in [3.8, 4) is 11.8 Å². The highest BCUT2D eigenvalue weighted by atomic mass is 14.9. The Balaban J connectivity index is 2.37. The van der Waals surface area contributed by atoms with Crippen LogP contribution in [0.25, 0.3) is 0 Å². The van der Waals surface area contributed by atoms with Crippen LogP contribution in [-0.2, 0) is 0 Å². The second kappa shape index (κ2) is 5.09. The molecule has 0 aromatic carbocycles. The Morgan fingerprint density at radius 3 is 2.69 bits per heavy atom. The second-order valence-electron chi connectivity index (χ2n) is 3.98. The molecule has 1 fully saturated rings. The summed E-state index contributed by atoms with van der Waals surface area (Å²) in [6, 6.07) is 0.332. The fourth-order valence-electron chi connectivity index (χ4n) is 1.10. The first-order chi connectivity index (χ1) is 6.24. The van der Waals surface area contributed by atoms with Gasteiger partial charge < -0.3 is 0 Å². The summed E-state index contributed by atoms with van der Waals surface area (Å²) in [5.74, 6) is 7.88. The van der Waals surface area contributed by atoms with E-state index in [1.165, 1.54) is 12.8 Å². The Labute approximate surface area is 81.6 Å². The number of nitrogens with one attached hydrogen (secondary N) is 1. The minimum Gasteiger partial charge on any atom is -0.300 e. The molecule has 1 heteroatoms. The Morgan fingerprint density at radius 2 is 2.23 bits per heavy atom. The zero-order valence-electron chi connectivity index (χ0n) is 8.64. The lowest BCUT2D eigenvalue weighted by Crippen LogP contribution is -2.32. The van der Waals surface area contributed by atoms with Gasteiger partial charge in [-0.3, -0.25) is 5.32 Å². The van der Waals surface area contributed by atoms with E-state index in [0.29, 0.717) is 17.9 Å². The quantitative estimate of drug-likeness (QED) is 0.513. The van der Waals surface area contributed by atoms with Crippen molar-refractivity contribution >= 4 is 0 Å². The normalized spacial score (nSPS) is 17.8. The van der Waals surface area contributed by atoms with Crippen LogP contribution in [-0.4, -0.2) is 12.6 Å². The van der Waals surface area contributed by atoms with Gasteiger partial charge in [0, 0.05) is 12.5 Å². The van der Waals surface area contributed by atoms with Gasteiger partial charge >= 0.3 is 0 Å². The summed E-state index contributed by atoms with van der Waals surface area (Å²) in [5, 5.41) is 3.36. The molecular weight excluding hydrogens is 158 g/mol. The van der Waals surface area contributed by atoms with E-state index in [2.05, 4.69) is 37.6 Å². The third kappa shape index (κ3) is 4.15. The van der Waals surface area contributed by atoms with Gasteiger partial charge in [0.15, 0.2) is 0 Å². The standard InChI is InChI=1S/C12H19N/c1-4-9-13-12(10(2)3)8-7-11-5-6-11/h4,10-13H,1,5-6,9H2,2-3H3. The lowest BCUT2D eigenvalue weighted by atomic mass is 10.0. The molecule has 0 saturated heterocycles. The number of hydrogen-bond acceptors (Lipinski definition) is 1. The molecule has 0 aliphatic heterocycles. The summed E-state index contributed by atoms with van der Waals surface area (Å²) in [6.45, 7) is 8.93. The summed E-state index contributed by atoms with van der Waals surface area (Å²) in [6.07, 6.45) is 4.49. The van der Waals surface area contributed by atoms with E-state index in [9.17, 15) is 0 Å². The first kappa shape index (κ1) is 10.3. The monoisotopic (exact) mass is 177 g/mol. The fourth-order valence-corrected chi connectivity index (χ4v) is 1.10. The predicted molar refractivity (Wildman–Crippen MR) is 57.3 cm³/mol. The van der Waals surface area contributed by atoms with Crippen LogP contribution in [0, 0.1) is 23.7 Å². The third-order valence-electron chi connectivity index (χ3n) is 2.17. The molecule has 1 aliphatic carbocycles. The molecule has 72 valence electrons. The van der Waals surface area contributed by atoms with Crippen LogP contribution < -0.4 is 5.32 Å². The van der Waals surface area contributed by atoms with Gasteiger partial charge in [-0.1, -0.05) is 31.8 Å². The van der Waals surface area contributed by atoms with Crippen molar-refractivity contribution in [3.05, 3.63) is 12.7 Å². The maximum absolute atomic E-state index is 3.69. The number of hydrogen-bond donors (Lipinski definition) is 1. The van der Waals surface area contributed by atoms with Gasteiger partial charge in [-0.2, -0.15) is 0 Å². The smallest absolute Gasteiger partial charge is 0.0715 e. The van der Waals surface area contributed by atoms with Crippen LogP contribution in [0.1, 0.15) is 26.7 Å². The summed E-state index contributed by atoms with van der Waals surface area (Å²) < 4.78 is 0. The van der Waals surface area contributed by atoms with Gasteiger partial charge in [-0.05, 0) is 18.8 Å². The zero-order chi connectivity index (χ0) is 9.68. The summed E-state index contributed by atoms with van der Waals surface area (Å²) in [7, 11) is 0. The van der Waals surface area contributed by atoms with Crippen LogP contribution in [0.3, 0.4) is 0 Å². The third-order valence-corrected chi connectivity index (χ3v) is 2.17. The second-order valence-corrected chi connectivity index (χ2v) is 3.98. The molecule has 13 heavy (non-hydrogen) atoms. The van der Waals surface area contributed by atoms with E-state index in [1.807, 2.05) is 6.08 Å². The maximum atomic E-state index is 3.69. The molecule has 1 nitrogen and oxygen atoms in total. The minimum absolute atomic E-state index is 0.332. The van der Waals surface area contributed by atoms with Gasteiger partial charge in [0.2, 0.25) is 0 Å². The molecule has 1 N–H and O–H groups in total. The van der Waals surface area contributed by atoms with E-state index in [0.717, 1.165) is 6.54 Å². The minimum atomic E-state index is 0.332. The van der Waals surface area contributed by atoms with Gasteiger partial charge in [0.25, 0.3) is 0 Å². The summed E-state index contributed by atoms with van der Waals surface area (Å²) in [5.41, 5.74) is 0. The van der Waals surface area contributed by atoms with E-state index < -0.39 is 0 Å². The first-order valence-electron chi connectivity index (χ1n) is 5.09. The lowest BCUT2D eigenvalue weighted by molar-refractivity contribution is 0.496. The van der Waals surface area contributed by atoms with Crippen LogP contribution >= 0.6 is 0 Å². The van der Waals surface area contributed by atoms with Gasteiger partial charge in [0.1, 0.15) is 0 Å². The molecule has 1 rings (SSSR count). The average molecular weight is 177 g/mol. The summed E-state index contributed by atoms with van der Waals surface area (Å²) in [4.78, 5) is 0. The lowest BCUT2D eigenvalue weighted by Gasteiger charge is -2.15. The Kier molecular flexibility index (Phi) is 4.05. The Morgan fingerprint density at radius 1 is 1.54 bits per heavy atom. The topological polar surface area (TPSA) is 12.0 Å². The molecule has 0 radical (unpaired) electrons. The van der Waals surface area contributed by atoms with Crippen molar-refractivity contribution < 1.29 is 0 Å². The van der Waals surface area contributed by atoms with Crippen molar-refractivity contribution in [2.75, 3.05) is 6.54 Å². The zero-order valence-corrected chi connectivity index (χ0v) is 8.64. The van der Waals surface area contributed by atoms with Crippen molar-refractivity contribution in [2.24, 2.45) is 11.8 Å². The van der Waals surface area contributed by atoms with Crippen molar-refractivity contribution in [1.29, 1.82) is 0 Å². The van der Waals surface area contributed by atoms with Crippen LogP contribution in [0.2, 0.25) is 0 Å². The molecule has 1 aliphatic rings. The van der Waals surface area contributed by atoms with Crippen molar-refractivity contribution in [1.82, 2.24) is 5.32 Å². The average Bonchev–Trinajstić information content (AvgIpc) is 2.87. The molecule has 0 aromatic rings. The van der Waals surface area contributed by atoms with Crippen molar-refractivity contribution in [2.45, 2.75) is 32.7 Å². The predicted octanol–water partition coefficient (Wildman–Crippen LogP) is 2.20. The largest absolute Gasteiger partial charge is 0.300 e. The van der Waals surface area contributed by atoms with Gasteiger partial charge in [0.05, 0.1) is 6.04 Å². The molecule has 0 heterocycles. The molecule has 0 amide bonds. The van der Waals surface area contributed by atoms with E-state index in [-0.39, 0.29) is 0 Å². The van der Waals surface area contributed by atoms with Gasteiger partial charge in [-0.15, -0.1) is 6.58 Å². The van der Waals surface area contributed by atoms with Crippen molar-refractivity contribution in [3.63, 3.8) is 0 Å². The molecule has 1 saturated carbocycles. The molecule has 0 aromatic heterocycles. The Hall–Kier alpha value is -0.740. The summed E-state index contributed by atoms with van der Waals surface area (Å²) >= 11 is 0.